The van der Waals surface area contributed by atoms with E-state index < -0.39 is 0 Å². The monoisotopic (exact) mass is 260 g/mol. The molecule has 19 heavy (non-hydrogen) atoms. The van der Waals surface area contributed by atoms with Crippen LogP contribution in [-0.2, 0) is 9.53 Å². The number of ether oxygens (including phenoxy) is 1. The summed E-state index contributed by atoms with van der Waals surface area (Å²) >= 11 is 0. The van der Waals surface area contributed by atoms with Gasteiger partial charge in [0, 0.05) is 44.3 Å². The Morgan fingerprint density at radius 3 is 2.47 bits per heavy atom. The van der Waals surface area contributed by atoms with E-state index in [1.165, 1.54) is 5.69 Å². The van der Waals surface area contributed by atoms with Crippen LogP contribution >= 0.6 is 0 Å². The van der Waals surface area contributed by atoms with Crippen molar-refractivity contribution < 1.29 is 9.53 Å². The highest BCUT2D eigenvalue weighted by atomic mass is 16.5. The zero-order valence-corrected chi connectivity index (χ0v) is 11.1. The number of anilines is 1. The SMILES string of the molecule is O=C1CC(CN2CCN(c3ccccc3)CC2)CO1. The lowest BCUT2D eigenvalue weighted by atomic mass is 10.1. The van der Waals surface area contributed by atoms with E-state index >= 15 is 0 Å². The lowest BCUT2D eigenvalue weighted by molar-refractivity contribution is -0.137. The Labute approximate surface area is 113 Å². The van der Waals surface area contributed by atoms with E-state index in [1.54, 1.807) is 0 Å². The van der Waals surface area contributed by atoms with Gasteiger partial charge in [0.25, 0.3) is 0 Å². The molecule has 4 heteroatoms. The van der Waals surface area contributed by atoms with Crippen LogP contribution in [0.1, 0.15) is 6.42 Å². The van der Waals surface area contributed by atoms with E-state index in [9.17, 15) is 4.79 Å². The molecule has 2 aliphatic heterocycles. The van der Waals surface area contributed by atoms with E-state index in [4.69, 9.17) is 4.74 Å². The fraction of sp³-hybridized carbons (Fsp3) is 0.533. The number of benzene rings is 1. The molecule has 0 N–H and O–H groups in total. The van der Waals surface area contributed by atoms with Gasteiger partial charge < -0.3 is 9.64 Å². The molecule has 1 atom stereocenters. The third-order valence-corrected chi connectivity index (χ3v) is 3.95. The molecule has 0 amide bonds. The number of para-hydroxylation sites is 1. The Hall–Kier alpha value is -1.55. The second-order valence-corrected chi connectivity index (χ2v) is 5.38. The molecular formula is C15H20N2O2. The van der Waals surface area contributed by atoms with Gasteiger partial charge in [-0.2, -0.15) is 0 Å². The highest BCUT2D eigenvalue weighted by Crippen LogP contribution is 2.19. The number of hydrogen-bond acceptors (Lipinski definition) is 4. The van der Waals surface area contributed by atoms with Crippen LogP contribution in [0, 0.1) is 5.92 Å². The Balaban J connectivity index is 1.48. The first kappa shape index (κ1) is 12.5. The molecule has 2 aliphatic rings. The van der Waals surface area contributed by atoms with E-state index in [0.717, 1.165) is 32.7 Å². The highest BCUT2D eigenvalue weighted by Gasteiger charge is 2.27. The van der Waals surface area contributed by atoms with Crippen molar-refractivity contribution in [3.63, 3.8) is 0 Å². The number of cyclic esters (lactones) is 1. The fourth-order valence-electron chi connectivity index (χ4n) is 2.87. The van der Waals surface area contributed by atoms with Crippen molar-refractivity contribution in [2.75, 3.05) is 44.2 Å². The molecule has 3 rings (SSSR count). The topological polar surface area (TPSA) is 32.8 Å². The van der Waals surface area contributed by atoms with Crippen LogP contribution in [0.4, 0.5) is 5.69 Å². The molecule has 0 aliphatic carbocycles. The normalized spacial score (nSPS) is 24.5. The molecule has 1 aromatic carbocycles. The van der Waals surface area contributed by atoms with Crippen LogP contribution in [0.3, 0.4) is 0 Å². The van der Waals surface area contributed by atoms with Crippen LogP contribution in [0.2, 0.25) is 0 Å². The first-order valence-electron chi connectivity index (χ1n) is 6.99. The number of carbonyl (C=O) groups excluding carboxylic acids is 1. The summed E-state index contributed by atoms with van der Waals surface area (Å²) in [6.45, 7) is 5.86. The smallest absolute Gasteiger partial charge is 0.306 e. The number of carbonyl (C=O) groups is 1. The average molecular weight is 260 g/mol. The van der Waals surface area contributed by atoms with Crippen molar-refractivity contribution in [1.29, 1.82) is 0 Å². The molecule has 2 fully saturated rings. The summed E-state index contributed by atoms with van der Waals surface area (Å²) in [7, 11) is 0. The van der Waals surface area contributed by atoms with E-state index in [2.05, 4.69) is 40.1 Å². The number of nitrogens with zero attached hydrogens (tertiary/aromatic N) is 2. The van der Waals surface area contributed by atoms with Crippen molar-refractivity contribution in [2.45, 2.75) is 6.42 Å². The van der Waals surface area contributed by atoms with Gasteiger partial charge in [-0.05, 0) is 12.1 Å². The Morgan fingerprint density at radius 1 is 1.11 bits per heavy atom. The average Bonchev–Trinajstić information content (AvgIpc) is 2.86. The Kier molecular flexibility index (Phi) is 3.69. The van der Waals surface area contributed by atoms with Crippen molar-refractivity contribution >= 4 is 11.7 Å². The van der Waals surface area contributed by atoms with Gasteiger partial charge in [0.05, 0.1) is 13.0 Å². The van der Waals surface area contributed by atoms with Gasteiger partial charge in [-0.1, -0.05) is 18.2 Å². The number of hydrogen-bond donors (Lipinski definition) is 0. The van der Waals surface area contributed by atoms with Crippen LogP contribution in [0.5, 0.6) is 0 Å². The summed E-state index contributed by atoms with van der Waals surface area (Å²) in [5, 5.41) is 0. The minimum absolute atomic E-state index is 0.0343. The molecule has 1 unspecified atom stereocenters. The third-order valence-electron chi connectivity index (χ3n) is 3.95. The fourth-order valence-corrected chi connectivity index (χ4v) is 2.87. The zero-order valence-electron chi connectivity index (χ0n) is 11.1. The number of piperazine rings is 1. The second-order valence-electron chi connectivity index (χ2n) is 5.38. The van der Waals surface area contributed by atoms with Gasteiger partial charge >= 0.3 is 5.97 Å². The van der Waals surface area contributed by atoms with Crippen LogP contribution in [0.25, 0.3) is 0 Å². The first-order valence-corrected chi connectivity index (χ1v) is 6.99. The first-order chi connectivity index (χ1) is 9.31. The Bertz CT molecular complexity index is 427. The van der Waals surface area contributed by atoms with Gasteiger partial charge in [-0.25, -0.2) is 0 Å². The lowest BCUT2D eigenvalue weighted by Gasteiger charge is -2.36. The summed E-state index contributed by atoms with van der Waals surface area (Å²) in [5.74, 6) is 0.365. The Morgan fingerprint density at radius 2 is 1.84 bits per heavy atom. The zero-order chi connectivity index (χ0) is 13.1. The standard InChI is InChI=1S/C15H20N2O2/c18-15-10-13(12-19-15)11-16-6-8-17(9-7-16)14-4-2-1-3-5-14/h1-5,13H,6-12H2. The van der Waals surface area contributed by atoms with Crippen LogP contribution in [0.15, 0.2) is 30.3 Å². The summed E-state index contributed by atoms with van der Waals surface area (Å²) in [6, 6.07) is 10.6. The van der Waals surface area contributed by atoms with Crippen LogP contribution < -0.4 is 4.90 Å². The van der Waals surface area contributed by atoms with Gasteiger partial charge in [-0.3, -0.25) is 9.69 Å². The predicted octanol–water partition coefficient (Wildman–Crippen LogP) is 1.37. The molecule has 0 aromatic heterocycles. The van der Waals surface area contributed by atoms with Crippen molar-refractivity contribution in [3.05, 3.63) is 30.3 Å². The summed E-state index contributed by atoms with van der Waals surface area (Å²) in [6.07, 6.45) is 0.596. The molecule has 2 heterocycles. The molecule has 2 saturated heterocycles. The van der Waals surface area contributed by atoms with E-state index in [1.807, 2.05) is 0 Å². The summed E-state index contributed by atoms with van der Waals surface area (Å²) in [5.41, 5.74) is 1.31. The molecule has 0 spiro atoms. The molecule has 0 saturated carbocycles. The van der Waals surface area contributed by atoms with E-state index in [-0.39, 0.29) is 5.97 Å². The maximum atomic E-state index is 11.1. The lowest BCUT2D eigenvalue weighted by Crippen LogP contribution is -2.47. The number of rotatable bonds is 3. The van der Waals surface area contributed by atoms with Crippen molar-refractivity contribution in [1.82, 2.24) is 4.90 Å². The minimum atomic E-state index is -0.0343. The quantitative estimate of drug-likeness (QED) is 0.769. The predicted molar refractivity (Wildman–Crippen MR) is 74.2 cm³/mol. The van der Waals surface area contributed by atoms with Gasteiger partial charge in [0.2, 0.25) is 0 Å². The highest BCUT2D eigenvalue weighted by molar-refractivity contribution is 5.71. The molecule has 0 radical (unpaired) electrons. The van der Waals surface area contributed by atoms with Crippen molar-refractivity contribution in [3.8, 4) is 0 Å². The molecule has 0 bridgehead atoms. The van der Waals surface area contributed by atoms with Gasteiger partial charge in [0.1, 0.15) is 0 Å². The van der Waals surface area contributed by atoms with E-state index in [0.29, 0.717) is 18.9 Å². The molecule has 1 aromatic rings. The number of esters is 1. The molecule has 102 valence electrons. The largest absolute Gasteiger partial charge is 0.465 e. The minimum Gasteiger partial charge on any atom is -0.465 e. The van der Waals surface area contributed by atoms with Gasteiger partial charge in [-0.15, -0.1) is 0 Å². The van der Waals surface area contributed by atoms with Gasteiger partial charge in [0.15, 0.2) is 0 Å². The maximum Gasteiger partial charge on any atom is 0.306 e. The summed E-state index contributed by atoms with van der Waals surface area (Å²) < 4.78 is 5.02. The third kappa shape index (κ3) is 3.07. The maximum absolute atomic E-state index is 11.1. The molecule has 4 nitrogen and oxygen atoms in total. The van der Waals surface area contributed by atoms with Crippen molar-refractivity contribution in [2.24, 2.45) is 5.92 Å². The van der Waals surface area contributed by atoms with Crippen LogP contribution in [-0.4, -0.2) is 50.2 Å². The molecular weight excluding hydrogens is 240 g/mol. The second kappa shape index (κ2) is 5.61. The summed E-state index contributed by atoms with van der Waals surface area (Å²) in [4.78, 5) is 16.0.